The summed E-state index contributed by atoms with van der Waals surface area (Å²) in [6.45, 7) is 7.12. The van der Waals surface area contributed by atoms with Crippen LogP contribution in [0.2, 0.25) is 0 Å². The molecule has 0 heterocycles. The van der Waals surface area contributed by atoms with Gasteiger partial charge in [-0.15, -0.1) is 0 Å². The number of hydrogen-bond acceptors (Lipinski definition) is 3. The van der Waals surface area contributed by atoms with Gasteiger partial charge < -0.3 is 10.6 Å². The summed E-state index contributed by atoms with van der Waals surface area (Å²) < 4.78 is 0. The van der Waals surface area contributed by atoms with E-state index in [1.165, 1.54) is 25.0 Å². The van der Waals surface area contributed by atoms with E-state index >= 15 is 0 Å². The molecule has 0 saturated carbocycles. The van der Waals surface area contributed by atoms with Gasteiger partial charge in [-0.05, 0) is 51.2 Å². The second-order valence-electron chi connectivity index (χ2n) is 5.10. The highest BCUT2D eigenvalue weighted by atomic mass is 32.2. The van der Waals surface area contributed by atoms with Crippen LogP contribution in [0.15, 0.2) is 0 Å². The number of nitrogens with one attached hydrogen (secondary N) is 2. The topological polar surface area (TPSA) is 41.1 Å². The van der Waals surface area contributed by atoms with Crippen molar-refractivity contribution in [1.29, 1.82) is 0 Å². The van der Waals surface area contributed by atoms with Crippen LogP contribution >= 0.6 is 11.8 Å². The fourth-order valence-corrected chi connectivity index (χ4v) is 2.45. The molecule has 0 fully saturated rings. The zero-order valence-electron chi connectivity index (χ0n) is 13.1. The van der Waals surface area contributed by atoms with Crippen molar-refractivity contribution in [2.45, 2.75) is 71.4 Å². The molecule has 114 valence electrons. The number of unbranched alkanes of at least 4 members (excludes halogenated alkanes) is 3. The summed E-state index contributed by atoms with van der Waals surface area (Å²) in [4.78, 5) is 11.9. The highest BCUT2D eigenvalue weighted by Crippen LogP contribution is 2.04. The summed E-state index contributed by atoms with van der Waals surface area (Å²) in [6, 6.07) is 0.245. The SMILES string of the molecule is CCC(CC)NC(=O)C(C)NCCCCCCSC. The summed E-state index contributed by atoms with van der Waals surface area (Å²) in [7, 11) is 0. The van der Waals surface area contributed by atoms with Crippen LogP contribution in [-0.2, 0) is 4.79 Å². The van der Waals surface area contributed by atoms with E-state index in [2.05, 4.69) is 30.7 Å². The van der Waals surface area contributed by atoms with Gasteiger partial charge in [-0.25, -0.2) is 0 Å². The first kappa shape index (κ1) is 18.8. The van der Waals surface area contributed by atoms with Gasteiger partial charge in [0.25, 0.3) is 0 Å². The first-order chi connectivity index (χ1) is 9.15. The smallest absolute Gasteiger partial charge is 0.237 e. The van der Waals surface area contributed by atoms with Gasteiger partial charge in [-0.1, -0.05) is 26.7 Å². The van der Waals surface area contributed by atoms with Crippen LogP contribution in [0, 0.1) is 0 Å². The highest BCUT2D eigenvalue weighted by molar-refractivity contribution is 7.98. The fourth-order valence-electron chi connectivity index (χ4n) is 1.96. The number of carbonyl (C=O) groups excluding carboxylic acids is 1. The molecule has 4 heteroatoms. The zero-order chi connectivity index (χ0) is 14.5. The Kier molecular flexibility index (Phi) is 12.6. The molecule has 2 N–H and O–H groups in total. The minimum atomic E-state index is -0.0770. The minimum Gasteiger partial charge on any atom is -0.352 e. The first-order valence-electron chi connectivity index (χ1n) is 7.68. The van der Waals surface area contributed by atoms with Crippen molar-refractivity contribution in [3.63, 3.8) is 0 Å². The molecule has 0 aliphatic carbocycles. The number of amides is 1. The lowest BCUT2D eigenvalue weighted by molar-refractivity contribution is -0.123. The van der Waals surface area contributed by atoms with Crippen molar-refractivity contribution in [1.82, 2.24) is 10.6 Å². The normalized spacial score (nSPS) is 12.7. The molecule has 0 radical (unpaired) electrons. The van der Waals surface area contributed by atoms with E-state index in [0.717, 1.165) is 25.8 Å². The van der Waals surface area contributed by atoms with Gasteiger partial charge in [-0.2, -0.15) is 11.8 Å². The quantitative estimate of drug-likeness (QED) is 0.542. The van der Waals surface area contributed by atoms with Gasteiger partial charge >= 0.3 is 0 Å². The first-order valence-corrected chi connectivity index (χ1v) is 9.07. The summed E-state index contributed by atoms with van der Waals surface area (Å²) in [5, 5.41) is 6.39. The Bertz CT molecular complexity index is 220. The van der Waals surface area contributed by atoms with Gasteiger partial charge in [0, 0.05) is 6.04 Å². The maximum atomic E-state index is 11.9. The van der Waals surface area contributed by atoms with Gasteiger partial charge in [-0.3, -0.25) is 4.79 Å². The van der Waals surface area contributed by atoms with Crippen molar-refractivity contribution in [3.05, 3.63) is 0 Å². The van der Waals surface area contributed by atoms with Crippen LogP contribution in [0.3, 0.4) is 0 Å². The van der Waals surface area contributed by atoms with E-state index in [1.54, 1.807) is 0 Å². The number of thioether (sulfide) groups is 1. The Balaban J connectivity index is 3.56. The summed E-state index contributed by atoms with van der Waals surface area (Å²) in [5.74, 6) is 1.40. The lowest BCUT2D eigenvalue weighted by atomic mass is 10.1. The number of hydrogen-bond donors (Lipinski definition) is 2. The van der Waals surface area contributed by atoms with Gasteiger partial charge in [0.2, 0.25) is 5.91 Å². The van der Waals surface area contributed by atoms with Crippen LogP contribution in [0.5, 0.6) is 0 Å². The van der Waals surface area contributed by atoms with Gasteiger partial charge in [0.15, 0.2) is 0 Å². The molecule has 1 unspecified atom stereocenters. The highest BCUT2D eigenvalue weighted by Gasteiger charge is 2.14. The molecule has 0 aliphatic rings. The standard InChI is InChI=1S/C15H32N2OS/c1-5-14(6-2)17-15(18)13(3)16-11-9-7-8-10-12-19-4/h13-14,16H,5-12H2,1-4H3,(H,17,18). The zero-order valence-corrected chi connectivity index (χ0v) is 13.9. The maximum Gasteiger partial charge on any atom is 0.237 e. The third-order valence-electron chi connectivity index (χ3n) is 3.45. The predicted molar refractivity (Wildman–Crippen MR) is 86.8 cm³/mol. The summed E-state index contributed by atoms with van der Waals surface area (Å²) >= 11 is 1.92. The van der Waals surface area contributed by atoms with E-state index in [0.29, 0.717) is 6.04 Å². The molecule has 19 heavy (non-hydrogen) atoms. The van der Waals surface area contributed by atoms with Crippen molar-refractivity contribution in [2.24, 2.45) is 0 Å². The van der Waals surface area contributed by atoms with Gasteiger partial charge in [0.1, 0.15) is 0 Å². The molecule has 3 nitrogen and oxygen atoms in total. The van der Waals surface area contributed by atoms with Crippen molar-refractivity contribution in [2.75, 3.05) is 18.6 Å². The average Bonchev–Trinajstić information content (AvgIpc) is 2.43. The molecule has 0 bridgehead atoms. The Hall–Kier alpha value is -0.220. The molecule has 0 spiro atoms. The minimum absolute atomic E-state index is 0.0770. The second kappa shape index (κ2) is 12.8. The van der Waals surface area contributed by atoms with Crippen LogP contribution in [-0.4, -0.2) is 36.5 Å². The fraction of sp³-hybridized carbons (Fsp3) is 0.933. The van der Waals surface area contributed by atoms with E-state index < -0.39 is 0 Å². The second-order valence-corrected chi connectivity index (χ2v) is 6.09. The van der Waals surface area contributed by atoms with Crippen molar-refractivity contribution < 1.29 is 4.79 Å². The van der Waals surface area contributed by atoms with E-state index in [9.17, 15) is 4.79 Å². The molecule has 0 rings (SSSR count). The van der Waals surface area contributed by atoms with Crippen LogP contribution in [0.25, 0.3) is 0 Å². The van der Waals surface area contributed by atoms with Crippen LogP contribution in [0.1, 0.15) is 59.3 Å². The molecule has 0 aromatic carbocycles. The van der Waals surface area contributed by atoms with E-state index in [1.807, 2.05) is 18.7 Å². The largest absolute Gasteiger partial charge is 0.352 e. The summed E-state index contributed by atoms with van der Waals surface area (Å²) in [5.41, 5.74) is 0. The molecule has 0 aliphatic heterocycles. The number of carbonyl (C=O) groups is 1. The molecular formula is C15H32N2OS. The van der Waals surface area contributed by atoms with Gasteiger partial charge in [0.05, 0.1) is 6.04 Å². The Morgan fingerprint density at radius 1 is 1.11 bits per heavy atom. The molecular weight excluding hydrogens is 256 g/mol. The molecule has 1 atom stereocenters. The third kappa shape index (κ3) is 10.3. The van der Waals surface area contributed by atoms with E-state index in [4.69, 9.17) is 0 Å². The predicted octanol–water partition coefficient (Wildman–Crippen LogP) is 3.19. The van der Waals surface area contributed by atoms with E-state index in [-0.39, 0.29) is 11.9 Å². The van der Waals surface area contributed by atoms with Crippen LogP contribution in [0.4, 0.5) is 0 Å². The van der Waals surface area contributed by atoms with Crippen molar-refractivity contribution in [3.8, 4) is 0 Å². The lowest BCUT2D eigenvalue weighted by Crippen LogP contribution is -2.46. The maximum absolute atomic E-state index is 11.9. The summed E-state index contributed by atoms with van der Waals surface area (Å²) in [6.07, 6.45) is 9.20. The Morgan fingerprint density at radius 3 is 2.32 bits per heavy atom. The third-order valence-corrected chi connectivity index (χ3v) is 4.15. The number of rotatable bonds is 12. The molecule has 0 saturated heterocycles. The monoisotopic (exact) mass is 288 g/mol. The average molecular weight is 289 g/mol. The Labute approximate surface area is 123 Å². The lowest BCUT2D eigenvalue weighted by Gasteiger charge is -2.19. The molecule has 0 aromatic heterocycles. The molecule has 1 amide bonds. The molecule has 0 aromatic rings. The Morgan fingerprint density at radius 2 is 1.74 bits per heavy atom. The van der Waals surface area contributed by atoms with Crippen LogP contribution < -0.4 is 10.6 Å². The van der Waals surface area contributed by atoms with Crippen molar-refractivity contribution >= 4 is 17.7 Å².